The van der Waals surface area contributed by atoms with Crippen LogP contribution in [-0.4, -0.2) is 17.7 Å². The Morgan fingerprint density at radius 3 is 2.50 bits per heavy atom. The van der Waals surface area contributed by atoms with Crippen LogP contribution >= 0.6 is 0 Å². The summed E-state index contributed by atoms with van der Waals surface area (Å²) in [6.07, 6.45) is 0.519. The fourth-order valence-corrected chi connectivity index (χ4v) is 3.30. The lowest BCUT2D eigenvalue weighted by Gasteiger charge is -2.33. The molecule has 1 aliphatic carbocycles. The number of hydrogen-bond acceptors (Lipinski definition) is 2. The number of benzene rings is 2. The first-order valence-corrected chi connectivity index (χ1v) is 7.30. The minimum Gasteiger partial charge on any atom is -0.386 e. The SMILES string of the molecule is CCN(c1ccccc1C)C1Cc2ccccc2C1O. The molecule has 104 valence electrons. The maximum Gasteiger partial charge on any atom is 0.0999 e. The molecule has 0 radical (unpaired) electrons. The van der Waals surface area contributed by atoms with E-state index in [0.717, 1.165) is 18.5 Å². The monoisotopic (exact) mass is 267 g/mol. The Kier molecular flexibility index (Phi) is 3.49. The van der Waals surface area contributed by atoms with E-state index in [1.165, 1.54) is 16.8 Å². The van der Waals surface area contributed by atoms with Crippen molar-refractivity contribution in [3.05, 3.63) is 65.2 Å². The van der Waals surface area contributed by atoms with E-state index in [9.17, 15) is 5.11 Å². The second kappa shape index (κ2) is 5.29. The van der Waals surface area contributed by atoms with Crippen LogP contribution in [0.15, 0.2) is 48.5 Å². The first-order chi connectivity index (χ1) is 9.72. The van der Waals surface area contributed by atoms with Crippen molar-refractivity contribution in [3.63, 3.8) is 0 Å². The van der Waals surface area contributed by atoms with Crippen LogP contribution in [0, 0.1) is 6.92 Å². The Labute approximate surface area is 120 Å². The van der Waals surface area contributed by atoms with E-state index in [0.29, 0.717) is 0 Å². The van der Waals surface area contributed by atoms with Crippen molar-refractivity contribution in [3.8, 4) is 0 Å². The molecule has 2 aromatic rings. The van der Waals surface area contributed by atoms with E-state index >= 15 is 0 Å². The molecule has 2 atom stereocenters. The van der Waals surface area contributed by atoms with Crippen molar-refractivity contribution >= 4 is 5.69 Å². The standard InChI is InChI=1S/C18H21NO/c1-3-19(16-11-7-4-8-13(16)2)17-12-14-9-5-6-10-15(14)18(17)20/h4-11,17-18,20H,3,12H2,1-2H3. The number of rotatable bonds is 3. The Balaban J connectivity index is 1.95. The summed E-state index contributed by atoms with van der Waals surface area (Å²) < 4.78 is 0. The van der Waals surface area contributed by atoms with Crippen LogP contribution in [0.1, 0.15) is 29.7 Å². The molecule has 0 bridgehead atoms. The summed E-state index contributed by atoms with van der Waals surface area (Å²) in [5.74, 6) is 0. The molecule has 2 unspecified atom stereocenters. The highest BCUT2D eigenvalue weighted by Gasteiger charge is 2.34. The molecule has 0 fully saturated rings. The maximum absolute atomic E-state index is 10.7. The summed E-state index contributed by atoms with van der Waals surface area (Å²) in [7, 11) is 0. The van der Waals surface area contributed by atoms with Gasteiger partial charge in [-0.2, -0.15) is 0 Å². The number of likely N-dealkylation sites (N-methyl/N-ethyl adjacent to an activating group) is 1. The van der Waals surface area contributed by atoms with Gasteiger partial charge in [-0.05, 0) is 43.0 Å². The van der Waals surface area contributed by atoms with Gasteiger partial charge in [-0.25, -0.2) is 0 Å². The third kappa shape index (κ3) is 2.10. The number of aliphatic hydroxyl groups excluding tert-OH is 1. The van der Waals surface area contributed by atoms with E-state index in [2.05, 4.69) is 55.1 Å². The first-order valence-electron chi connectivity index (χ1n) is 7.30. The summed E-state index contributed by atoms with van der Waals surface area (Å²) in [5.41, 5.74) is 4.85. The Hall–Kier alpha value is -1.80. The van der Waals surface area contributed by atoms with Crippen molar-refractivity contribution < 1.29 is 5.11 Å². The fraction of sp³-hybridized carbons (Fsp3) is 0.333. The molecule has 1 aliphatic rings. The number of para-hydroxylation sites is 1. The molecule has 3 rings (SSSR count). The molecule has 2 nitrogen and oxygen atoms in total. The van der Waals surface area contributed by atoms with E-state index in [4.69, 9.17) is 0 Å². The Morgan fingerprint density at radius 1 is 1.10 bits per heavy atom. The van der Waals surface area contributed by atoms with Gasteiger partial charge in [0.1, 0.15) is 0 Å². The molecule has 1 N–H and O–H groups in total. The average Bonchev–Trinajstić information content (AvgIpc) is 2.80. The zero-order valence-corrected chi connectivity index (χ0v) is 12.1. The lowest BCUT2D eigenvalue weighted by atomic mass is 10.1. The second-order valence-electron chi connectivity index (χ2n) is 5.49. The number of hydrogen-bond donors (Lipinski definition) is 1. The van der Waals surface area contributed by atoms with Gasteiger partial charge in [0.15, 0.2) is 0 Å². The number of aliphatic hydroxyl groups is 1. The van der Waals surface area contributed by atoms with Crippen LogP contribution in [0.3, 0.4) is 0 Å². The van der Waals surface area contributed by atoms with Gasteiger partial charge in [0.25, 0.3) is 0 Å². The molecule has 20 heavy (non-hydrogen) atoms. The summed E-state index contributed by atoms with van der Waals surface area (Å²) in [4.78, 5) is 2.33. The quantitative estimate of drug-likeness (QED) is 0.920. The second-order valence-corrected chi connectivity index (χ2v) is 5.49. The topological polar surface area (TPSA) is 23.5 Å². The third-order valence-electron chi connectivity index (χ3n) is 4.33. The first kappa shape index (κ1) is 13.2. The van der Waals surface area contributed by atoms with Crippen LogP contribution < -0.4 is 4.90 Å². The van der Waals surface area contributed by atoms with Crippen LogP contribution in [0.4, 0.5) is 5.69 Å². The maximum atomic E-state index is 10.7. The van der Waals surface area contributed by atoms with Gasteiger partial charge >= 0.3 is 0 Å². The molecular formula is C18H21NO. The molecule has 0 saturated carbocycles. The molecule has 2 aromatic carbocycles. The van der Waals surface area contributed by atoms with Gasteiger partial charge < -0.3 is 10.0 Å². The van der Waals surface area contributed by atoms with E-state index in [1.807, 2.05) is 12.1 Å². The van der Waals surface area contributed by atoms with Crippen molar-refractivity contribution in [2.24, 2.45) is 0 Å². The average molecular weight is 267 g/mol. The number of nitrogens with zero attached hydrogens (tertiary/aromatic N) is 1. The van der Waals surface area contributed by atoms with Gasteiger partial charge in [0.2, 0.25) is 0 Å². The van der Waals surface area contributed by atoms with Gasteiger partial charge in [0.05, 0.1) is 12.1 Å². The van der Waals surface area contributed by atoms with Gasteiger partial charge in [-0.15, -0.1) is 0 Å². The van der Waals surface area contributed by atoms with Crippen molar-refractivity contribution in [1.82, 2.24) is 0 Å². The van der Waals surface area contributed by atoms with E-state index in [-0.39, 0.29) is 6.04 Å². The molecule has 0 amide bonds. The van der Waals surface area contributed by atoms with E-state index < -0.39 is 6.10 Å². The lowest BCUT2D eigenvalue weighted by Crippen LogP contribution is -2.38. The van der Waals surface area contributed by atoms with Crippen LogP contribution in [0.2, 0.25) is 0 Å². The zero-order chi connectivity index (χ0) is 14.1. The molecule has 0 saturated heterocycles. The third-order valence-corrected chi connectivity index (χ3v) is 4.33. The summed E-state index contributed by atoms with van der Waals surface area (Å²) in [6, 6.07) is 16.8. The van der Waals surface area contributed by atoms with Crippen molar-refractivity contribution in [2.45, 2.75) is 32.4 Å². The molecular weight excluding hydrogens is 246 g/mol. The largest absolute Gasteiger partial charge is 0.386 e. The smallest absolute Gasteiger partial charge is 0.0999 e. The highest BCUT2D eigenvalue weighted by Crippen LogP contribution is 2.37. The molecule has 2 heteroatoms. The zero-order valence-electron chi connectivity index (χ0n) is 12.1. The summed E-state index contributed by atoms with van der Waals surface area (Å²) in [5, 5.41) is 10.7. The highest BCUT2D eigenvalue weighted by molar-refractivity contribution is 5.55. The summed E-state index contributed by atoms with van der Waals surface area (Å²) in [6.45, 7) is 5.19. The number of fused-ring (bicyclic) bond motifs is 1. The number of aryl methyl sites for hydroxylation is 1. The van der Waals surface area contributed by atoms with Crippen LogP contribution in [-0.2, 0) is 6.42 Å². The van der Waals surface area contributed by atoms with Crippen molar-refractivity contribution in [2.75, 3.05) is 11.4 Å². The molecule has 0 aromatic heterocycles. The predicted octanol–water partition coefficient (Wildman–Crippen LogP) is 3.48. The van der Waals surface area contributed by atoms with Gasteiger partial charge in [-0.3, -0.25) is 0 Å². The van der Waals surface area contributed by atoms with Gasteiger partial charge in [0, 0.05) is 12.2 Å². The highest BCUT2D eigenvalue weighted by atomic mass is 16.3. The van der Waals surface area contributed by atoms with Crippen LogP contribution in [0.5, 0.6) is 0 Å². The molecule has 0 heterocycles. The van der Waals surface area contributed by atoms with Crippen LogP contribution in [0.25, 0.3) is 0 Å². The Bertz CT molecular complexity index is 608. The number of anilines is 1. The summed E-state index contributed by atoms with van der Waals surface area (Å²) >= 11 is 0. The lowest BCUT2D eigenvalue weighted by molar-refractivity contribution is 0.155. The minimum absolute atomic E-state index is 0.137. The van der Waals surface area contributed by atoms with Gasteiger partial charge in [-0.1, -0.05) is 42.5 Å². The minimum atomic E-state index is -0.397. The van der Waals surface area contributed by atoms with E-state index in [1.54, 1.807) is 0 Å². The predicted molar refractivity (Wildman–Crippen MR) is 83.1 cm³/mol. The molecule has 0 aliphatic heterocycles. The fourth-order valence-electron chi connectivity index (χ4n) is 3.30. The van der Waals surface area contributed by atoms with Crippen molar-refractivity contribution in [1.29, 1.82) is 0 Å². The Morgan fingerprint density at radius 2 is 1.80 bits per heavy atom. The normalized spacial score (nSPS) is 20.8. The molecule has 0 spiro atoms.